The van der Waals surface area contributed by atoms with E-state index in [0.717, 1.165) is 25.2 Å². The summed E-state index contributed by atoms with van der Waals surface area (Å²) in [5.41, 5.74) is 9.49. The highest BCUT2D eigenvalue weighted by atomic mass is 35.5. The molecule has 0 aliphatic carbocycles. The SMILES string of the molecule is CN1CCC(c2nccc(C(N)=O)c2Nc2cc(Cl)c3nccnc3c2)C1. The molecule has 1 fully saturated rings. The lowest BCUT2D eigenvalue weighted by Gasteiger charge is -2.19. The first-order chi connectivity index (χ1) is 13.0. The number of aromatic nitrogens is 3. The number of hydrogen-bond donors (Lipinski definition) is 2. The number of rotatable bonds is 4. The van der Waals surface area contributed by atoms with Crippen molar-refractivity contribution >= 4 is 39.9 Å². The minimum atomic E-state index is -0.501. The van der Waals surface area contributed by atoms with Crippen LogP contribution >= 0.6 is 11.6 Å². The lowest BCUT2D eigenvalue weighted by molar-refractivity contribution is 0.100. The standard InChI is InChI=1S/C19H19ClN6O/c1-26-7-3-11(10-26)16-17(13(19(21)27)2-4-23-16)25-12-8-14(20)18-15(9-12)22-5-6-24-18/h2,4-6,8-9,11,25H,3,7,10H2,1H3,(H2,21,27). The Morgan fingerprint density at radius 2 is 2.07 bits per heavy atom. The zero-order chi connectivity index (χ0) is 19.0. The molecule has 1 aliphatic heterocycles. The monoisotopic (exact) mass is 382 g/mol. The van der Waals surface area contributed by atoms with Gasteiger partial charge >= 0.3 is 0 Å². The predicted octanol–water partition coefficient (Wildman–Crippen LogP) is 2.94. The summed E-state index contributed by atoms with van der Waals surface area (Å²) in [5.74, 6) is -0.272. The fourth-order valence-electron chi connectivity index (χ4n) is 3.53. The number of benzene rings is 1. The number of anilines is 2. The second-order valence-corrected chi connectivity index (χ2v) is 7.15. The molecule has 1 unspecified atom stereocenters. The number of carbonyl (C=O) groups is 1. The Hall–Kier alpha value is -2.77. The molecule has 1 amide bonds. The molecule has 4 rings (SSSR count). The summed E-state index contributed by atoms with van der Waals surface area (Å²) < 4.78 is 0. The Kier molecular flexibility index (Phi) is 4.63. The molecule has 3 aromatic rings. The van der Waals surface area contributed by atoms with Gasteiger partial charge < -0.3 is 16.0 Å². The number of amides is 1. The molecule has 3 N–H and O–H groups in total. The highest BCUT2D eigenvalue weighted by Crippen LogP contribution is 2.35. The maximum Gasteiger partial charge on any atom is 0.250 e. The zero-order valence-electron chi connectivity index (χ0n) is 14.8. The predicted molar refractivity (Wildman–Crippen MR) is 105 cm³/mol. The molecule has 1 aliphatic rings. The van der Waals surface area contributed by atoms with Crippen LogP contribution in [-0.2, 0) is 0 Å². The Bertz CT molecular complexity index is 1020. The highest BCUT2D eigenvalue weighted by Gasteiger charge is 2.27. The molecule has 1 saturated heterocycles. The molecule has 2 aromatic heterocycles. The van der Waals surface area contributed by atoms with Crippen molar-refractivity contribution in [2.24, 2.45) is 5.73 Å². The van der Waals surface area contributed by atoms with Crippen LogP contribution in [0, 0.1) is 0 Å². The molecule has 1 atom stereocenters. The second-order valence-electron chi connectivity index (χ2n) is 6.74. The van der Waals surface area contributed by atoms with Gasteiger partial charge in [0, 0.05) is 36.7 Å². The summed E-state index contributed by atoms with van der Waals surface area (Å²) in [5, 5.41) is 3.79. The smallest absolute Gasteiger partial charge is 0.250 e. The van der Waals surface area contributed by atoms with Crippen molar-refractivity contribution in [2.45, 2.75) is 12.3 Å². The van der Waals surface area contributed by atoms with Crippen molar-refractivity contribution < 1.29 is 4.79 Å². The van der Waals surface area contributed by atoms with Gasteiger partial charge in [0.1, 0.15) is 5.52 Å². The summed E-state index contributed by atoms with van der Waals surface area (Å²) in [7, 11) is 2.08. The third kappa shape index (κ3) is 3.43. The van der Waals surface area contributed by atoms with Gasteiger partial charge in [-0.05, 0) is 38.2 Å². The normalized spacial score (nSPS) is 17.3. The maximum absolute atomic E-state index is 12.0. The Balaban J connectivity index is 1.80. The van der Waals surface area contributed by atoms with Crippen LogP contribution < -0.4 is 11.1 Å². The highest BCUT2D eigenvalue weighted by molar-refractivity contribution is 6.35. The number of carbonyl (C=O) groups excluding carboxylic acids is 1. The summed E-state index contributed by atoms with van der Waals surface area (Å²) in [4.78, 5) is 27.4. The van der Waals surface area contributed by atoms with Crippen molar-refractivity contribution in [2.75, 3.05) is 25.5 Å². The van der Waals surface area contributed by atoms with Crippen LogP contribution in [0.3, 0.4) is 0 Å². The molecule has 0 saturated carbocycles. The van der Waals surface area contributed by atoms with E-state index in [4.69, 9.17) is 17.3 Å². The first-order valence-corrected chi connectivity index (χ1v) is 9.05. The molecule has 1 aromatic carbocycles. The topological polar surface area (TPSA) is 97.0 Å². The van der Waals surface area contributed by atoms with Crippen LogP contribution in [0.2, 0.25) is 5.02 Å². The Morgan fingerprint density at radius 1 is 1.26 bits per heavy atom. The molecule has 138 valence electrons. The third-order valence-electron chi connectivity index (χ3n) is 4.82. The first kappa shape index (κ1) is 17.6. The van der Waals surface area contributed by atoms with Crippen LogP contribution in [-0.4, -0.2) is 45.9 Å². The third-order valence-corrected chi connectivity index (χ3v) is 5.11. The quantitative estimate of drug-likeness (QED) is 0.720. The van der Waals surface area contributed by atoms with E-state index in [0.29, 0.717) is 33.0 Å². The number of primary amides is 1. The van der Waals surface area contributed by atoms with Gasteiger partial charge in [-0.25, -0.2) is 0 Å². The van der Waals surface area contributed by atoms with E-state index in [1.165, 1.54) is 0 Å². The van der Waals surface area contributed by atoms with Crippen molar-refractivity contribution in [3.63, 3.8) is 0 Å². The first-order valence-electron chi connectivity index (χ1n) is 8.67. The van der Waals surface area contributed by atoms with Crippen LogP contribution in [0.15, 0.2) is 36.8 Å². The van der Waals surface area contributed by atoms with Gasteiger partial charge in [0.05, 0.1) is 27.5 Å². The molecule has 3 heterocycles. The van der Waals surface area contributed by atoms with Gasteiger partial charge in [0.15, 0.2) is 0 Å². The van der Waals surface area contributed by atoms with Crippen LogP contribution in [0.25, 0.3) is 11.0 Å². The van der Waals surface area contributed by atoms with E-state index in [1.807, 2.05) is 6.07 Å². The summed E-state index contributed by atoms with van der Waals surface area (Å²) in [6.45, 7) is 1.87. The van der Waals surface area contributed by atoms with Crippen LogP contribution in [0.1, 0.15) is 28.4 Å². The van der Waals surface area contributed by atoms with E-state index in [-0.39, 0.29) is 5.92 Å². The molecule has 0 radical (unpaired) electrons. The summed E-state index contributed by atoms with van der Waals surface area (Å²) in [6.07, 6.45) is 5.82. The fourth-order valence-corrected chi connectivity index (χ4v) is 3.79. The van der Waals surface area contributed by atoms with Crippen molar-refractivity contribution in [3.8, 4) is 0 Å². The van der Waals surface area contributed by atoms with Crippen LogP contribution in [0.5, 0.6) is 0 Å². The number of likely N-dealkylation sites (N-methyl/N-ethyl adjacent to an activating group) is 1. The molecule has 0 spiro atoms. The fraction of sp³-hybridized carbons (Fsp3) is 0.263. The average molecular weight is 383 g/mol. The van der Waals surface area contributed by atoms with E-state index >= 15 is 0 Å². The molecule has 0 bridgehead atoms. The lowest BCUT2D eigenvalue weighted by Crippen LogP contribution is -2.18. The summed E-state index contributed by atoms with van der Waals surface area (Å²) >= 11 is 6.36. The maximum atomic E-state index is 12.0. The number of fused-ring (bicyclic) bond motifs is 1. The molecular weight excluding hydrogens is 364 g/mol. The zero-order valence-corrected chi connectivity index (χ0v) is 15.6. The van der Waals surface area contributed by atoms with Crippen LogP contribution in [0.4, 0.5) is 11.4 Å². The van der Waals surface area contributed by atoms with Gasteiger partial charge in [-0.1, -0.05) is 11.6 Å². The minimum absolute atomic E-state index is 0.229. The van der Waals surface area contributed by atoms with Gasteiger partial charge in [0.25, 0.3) is 5.91 Å². The molecule has 27 heavy (non-hydrogen) atoms. The number of halogens is 1. The molecule has 8 heteroatoms. The van der Waals surface area contributed by atoms with Gasteiger partial charge in [-0.2, -0.15) is 0 Å². The van der Waals surface area contributed by atoms with Gasteiger partial charge in [0.2, 0.25) is 0 Å². The van der Waals surface area contributed by atoms with E-state index in [2.05, 4.69) is 32.2 Å². The van der Waals surface area contributed by atoms with Crippen molar-refractivity contribution in [1.29, 1.82) is 0 Å². The molecule has 7 nitrogen and oxygen atoms in total. The van der Waals surface area contributed by atoms with E-state index < -0.39 is 5.91 Å². The number of nitrogens with two attached hydrogens (primary N) is 1. The average Bonchev–Trinajstić information content (AvgIpc) is 3.08. The van der Waals surface area contributed by atoms with E-state index in [1.54, 1.807) is 30.7 Å². The largest absolute Gasteiger partial charge is 0.366 e. The Labute approximate surface area is 161 Å². The van der Waals surface area contributed by atoms with E-state index in [9.17, 15) is 4.79 Å². The van der Waals surface area contributed by atoms with Gasteiger partial charge in [-0.15, -0.1) is 0 Å². The van der Waals surface area contributed by atoms with Crippen molar-refractivity contribution in [1.82, 2.24) is 19.9 Å². The summed E-state index contributed by atoms with van der Waals surface area (Å²) in [6, 6.07) is 5.24. The number of likely N-dealkylation sites (tertiary alicyclic amines) is 1. The lowest BCUT2D eigenvalue weighted by atomic mass is 9.99. The van der Waals surface area contributed by atoms with Gasteiger partial charge in [-0.3, -0.25) is 19.7 Å². The Morgan fingerprint density at radius 3 is 2.81 bits per heavy atom. The number of nitrogens with zero attached hydrogens (tertiary/aromatic N) is 4. The minimum Gasteiger partial charge on any atom is -0.366 e. The number of pyridine rings is 1. The number of nitrogens with one attached hydrogen (secondary N) is 1. The second kappa shape index (κ2) is 7.09. The number of hydrogen-bond acceptors (Lipinski definition) is 6. The molecular formula is C19H19ClN6O. The van der Waals surface area contributed by atoms with Crippen molar-refractivity contribution in [3.05, 3.63) is 53.1 Å².